The molecule has 2 N–H and O–H groups in total. The van der Waals surface area contributed by atoms with Crippen LogP contribution in [-0.2, 0) is 19.9 Å². The van der Waals surface area contributed by atoms with Gasteiger partial charge in [0.25, 0.3) is 0 Å². The summed E-state index contributed by atoms with van der Waals surface area (Å²) in [7, 11) is 1.97. The normalized spacial score (nSPS) is 10.8. The first-order chi connectivity index (χ1) is 8.08. The lowest BCUT2D eigenvalue weighted by molar-refractivity contribution is 0.755. The van der Waals surface area contributed by atoms with Crippen LogP contribution < -0.4 is 5.73 Å². The van der Waals surface area contributed by atoms with Gasteiger partial charge in [-0.25, -0.2) is 0 Å². The highest BCUT2D eigenvalue weighted by Crippen LogP contribution is 2.20. The van der Waals surface area contributed by atoms with Gasteiger partial charge in [0.15, 0.2) is 0 Å². The topological polar surface area (TPSA) is 56.7 Å². The number of benzene rings is 1. The molecule has 0 atom stereocenters. The Labute approximate surface area is 105 Å². The summed E-state index contributed by atoms with van der Waals surface area (Å²) < 4.78 is 2.00. The van der Waals surface area contributed by atoms with Gasteiger partial charge in [0.1, 0.15) is 11.6 Å². The van der Waals surface area contributed by atoms with Gasteiger partial charge in [0, 0.05) is 13.5 Å². The van der Waals surface area contributed by atoms with Crippen LogP contribution in [0.4, 0.5) is 5.69 Å². The minimum Gasteiger partial charge on any atom is -0.398 e. The Bertz CT molecular complexity index is 533. The molecule has 17 heavy (non-hydrogen) atoms. The number of nitrogens with zero attached hydrogens (tertiary/aromatic N) is 3. The van der Waals surface area contributed by atoms with Crippen molar-refractivity contribution in [1.29, 1.82) is 0 Å². The van der Waals surface area contributed by atoms with Crippen LogP contribution in [-0.4, -0.2) is 14.8 Å². The van der Waals surface area contributed by atoms with Gasteiger partial charge < -0.3 is 10.3 Å². The first-order valence-corrected chi connectivity index (χ1v) is 5.84. The Kier molecular flexibility index (Phi) is 3.33. The van der Waals surface area contributed by atoms with Crippen LogP contribution in [0.1, 0.15) is 17.2 Å². The van der Waals surface area contributed by atoms with E-state index in [0.717, 1.165) is 30.1 Å². The molecule has 0 bridgehead atoms. The van der Waals surface area contributed by atoms with Crippen LogP contribution in [0.3, 0.4) is 0 Å². The lowest BCUT2D eigenvalue weighted by Crippen LogP contribution is -2.02. The molecule has 0 radical (unpaired) electrons. The smallest absolute Gasteiger partial charge is 0.133 e. The number of hydrogen-bond acceptors (Lipinski definition) is 3. The maximum Gasteiger partial charge on any atom is 0.133 e. The third kappa shape index (κ3) is 2.58. The van der Waals surface area contributed by atoms with E-state index in [4.69, 9.17) is 17.3 Å². The average molecular weight is 251 g/mol. The molecule has 0 spiro atoms. The highest BCUT2D eigenvalue weighted by atomic mass is 35.5. The maximum atomic E-state index is 5.87. The second-order valence-corrected chi connectivity index (χ2v) is 4.49. The van der Waals surface area contributed by atoms with E-state index >= 15 is 0 Å². The van der Waals surface area contributed by atoms with E-state index in [0.29, 0.717) is 10.7 Å². The van der Waals surface area contributed by atoms with Crippen molar-refractivity contribution < 1.29 is 0 Å². The third-order valence-corrected chi connectivity index (χ3v) is 3.22. The number of halogens is 1. The average Bonchev–Trinajstić information content (AvgIpc) is 2.62. The van der Waals surface area contributed by atoms with Crippen LogP contribution >= 0.6 is 11.6 Å². The van der Waals surface area contributed by atoms with E-state index in [1.165, 1.54) is 0 Å². The lowest BCUT2D eigenvalue weighted by atomic mass is 10.1. The summed E-state index contributed by atoms with van der Waals surface area (Å²) in [5.74, 6) is 1.91. The molecule has 1 aromatic carbocycles. The van der Waals surface area contributed by atoms with Crippen molar-refractivity contribution >= 4 is 17.3 Å². The third-order valence-electron chi connectivity index (χ3n) is 2.88. The molecule has 1 aromatic heterocycles. The zero-order valence-corrected chi connectivity index (χ0v) is 10.7. The van der Waals surface area contributed by atoms with Gasteiger partial charge in [-0.05, 0) is 31.0 Å². The van der Waals surface area contributed by atoms with E-state index in [1.54, 1.807) is 0 Å². The highest BCUT2D eigenvalue weighted by molar-refractivity contribution is 6.33. The standard InChI is InChI=1S/C12H15ClN4/c1-8-15-16-12(17(8)2)6-4-9-3-5-10(13)11(14)7-9/h3,5,7H,4,6,14H2,1-2H3. The minimum absolute atomic E-state index is 0.600. The Morgan fingerprint density at radius 3 is 2.65 bits per heavy atom. The Morgan fingerprint density at radius 2 is 2.06 bits per heavy atom. The molecule has 1 heterocycles. The Morgan fingerprint density at radius 1 is 1.29 bits per heavy atom. The van der Waals surface area contributed by atoms with Crippen LogP contribution in [0.2, 0.25) is 5.02 Å². The molecule has 2 rings (SSSR count). The first kappa shape index (κ1) is 11.9. The summed E-state index contributed by atoms with van der Waals surface area (Å²) in [6.07, 6.45) is 1.73. The Hall–Kier alpha value is -1.55. The number of anilines is 1. The second kappa shape index (κ2) is 4.75. The lowest BCUT2D eigenvalue weighted by Gasteiger charge is -2.04. The summed E-state index contributed by atoms with van der Waals surface area (Å²) in [6.45, 7) is 1.94. The summed E-state index contributed by atoms with van der Waals surface area (Å²) in [5.41, 5.74) is 7.54. The molecule has 0 aliphatic carbocycles. The fourth-order valence-electron chi connectivity index (χ4n) is 1.67. The molecule has 90 valence electrons. The van der Waals surface area contributed by atoms with Crippen molar-refractivity contribution in [1.82, 2.24) is 14.8 Å². The number of nitrogens with two attached hydrogens (primary N) is 1. The van der Waals surface area contributed by atoms with Gasteiger partial charge in [-0.15, -0.1) is 10.2 Å². The molecular weight excluding hydrogens is 236 g/mol. The molecule has 0 unspecified atom stereocenters. The fourth-order valence-corrected chi connectivity index (χ4v) is 1.79. The van der Waals surface area contributed by atoms with E-state index in [9.17, 15) is 0 Å². The predicted octanol–water partition coefficient (Wildman–Crippen LogP) is 2.14. The number of rotatable bonds is 3. The van der Waals surface area contributed by atoms with Crippen molar-refractivity contribution in [3.8, 4) is 0 Å². The first-order valence-electron chi connectivity index (χ1n) is 5.46. The van der Waals surface area contributed by atoms with Crippen molar-refractivity contribution in [3.05, 3.63) is 40.4 Å². The molecule has 0 amide bonds. The monoisotopic (exact) mass is 250 g/mol. The van der Waals surface area contributed by atoms with Crippen LogP contribution in [0, 0.1) is 6.92 Å². The molecule has 4 nitrogen and oxygen atoms in total. The van der Waals surface area contributed by atoms with E-state index in [1.807, 2.05) is 36.7 Å². The van der Waals surface area contributed by atoms with Crippen LogP contribution in [0.15, 0.2) is 18.2 Å². The molecule has 2 aromatic rings. The fraction of sp³-hybridized carbons (Fsp3) is 0.333. The van der Waals surface area contributed by atoms with Gasteiger partial charge in [-0.1, -0.05) is 17.7 Å². The number of hydrogen-bond donors (Lipinski definition) is 1. The summed E-state index contributed by atoms with van der Waals surface area (Å²) in [5, 5.41) is 8.75. The van der Waals surface area contributed by atoms with Crippen molar-refractivity contribution in [3.63, 3.8) is 0 Å². The maximum absolute atomic E-state index is 5.87. The minimum atomic E-state index is 0.600. The zero-order valence-electron chi connectivity index (χ0n) is 9.94. The van der Waals surface area contributed by atoms with Crippen LogP contribution in [0.5, 0.6) is 0 Å². The van der Waals surface area contributed by atoms with Gasteiger partial charge in [0.05, 0.1) is 10.7 Å². The summed E-state index contributed by atoms with van der Waals surface area (Å²) in [4.78, 5) is 0. The van der Waals surface area contributed by atoms with Gasteiger partial charge >= 0.3 is 0 Å². The molecule has 0 fully saturated rings. The zero-order chi connectivity index (χ0) is 12.4. The summed E-state index contributed by atoms with van der Waals surface area (Å²) in [6, 6.07) is 5.72. The van der Waals surface area contributed by atoms with Crippen molar-refractivity contribution in [2.75, 3.05) is 5.73 Å². The van der Waals surface area contributed by atoms with Crippen molar-refractivity contribution in [2.45, 2.75) is 19.8 Å². The number of aromatic nitrogens is 3. The van der Waals surface area contributed by atoms with Gasteiger partial charge in [0.2, 0.25) is 0 Å². The number of nitrogen functional groups attached to an aromatic ring is 1. The quantitative estimate of drug-likeness (QED) is 0.850. The summed E-state index contributed by atoms with van der Waals surface area (Å²) >= 11 is 5.87. The number of aryl methyl sites for hydroxylation is 3. The molecule has 0 saturated carbocycles. The van der Waals surface area contributed by atoms with E-state index < -0.39 is 0 Å². The second-order valence-electron chi connectivity index (χ2n) is 4.08. The largest absolute Gasteiger partial charge is 0.398 e. The van der Waals surface area contributed by atoms with E-state index in [-0.39, 0.29) is 0 Å². The molecule has 5 heteroatoms. The van der Waals surface area contributed by atoms with Gasteiger partial charge in [-0.2, -0.15) is 0 Å². The van der Waals surface area contributed by atoms with Crippen LogP contribution in [0.25, 0.3) is 0 Å². The highest BCUT2D eigenvalue weighted by Gasteiger charge is 2.05. The Balaban J connectivity index is 2.07. The predicted molar refractivity (Wildman–Crippen MR) is 69.0 cm³/mol. The molecule has 0 aliphatic heterocycles. The van der Waals surface area contributed by atoms with Crippen molar-refractivity contribution in [2.24, 2.45) is 7.05 Å². The molecule has 0 saturated heterocycles. The SMILES string of the molecule is Cc1nnc(CCc2ccc(Cl)c(N)c2)n1C. The van der Waals surface area contributed by atoms with E-state index in [2.05, 4.69) is 10.2 Å². The van der Waals surface area contributed by atoms with Gasteiger partial charge in [-0.3, -0.25) is 0 Å². The molecular formula is C12H15ClN4. The molecule has 0 aliphatic rings.